The molecule has 12 heteroatoms. The first-order valence-electron chi connectivity index (χ1n) is 13.8. The van der Waals surface area contributed by atoms with Crippen LogP contribution in [0.5, 0.6) is 17.2 Å². The van der Waals surface area contributed by atoms with E-state index in [-0.39, 0.29) is 59.0 Å². The summed E-state index contributed by atoms with van der Waals surface area (Å²) in [6.45, 7) is 7.02. The smallest absolute Gasteiger partial charge is 0.398 e. The minimum atomic E-state index is -4.53. The van der Waals surface area contributed by atoms with E-state index in [4.69, 9.17) is 26.4 Å². The number of benzene rings is 2. The predicted molar refractivity (Wildman–Crippen MR) is 161 cm³/mol. The number of hydrogen-bond donors (Lipinski definition) is 0. The molecule has 1 fully saturated rings. The Balaban J connectivity index is 1.45. The molecule has 1 saturated carbocycles. The highest BCUT2D eigenvalue weighted by Gasteiger charge is 2.65. The number of hydrogen-bond acceptors (Lipinski definition) is 5. The molecule has 0 atom stereocenters. The SMILES string of the molecule is C[Si](C)(C)CCOCn1cc(C2(C(F)(F)F)CC2)c2c(Oc3c(F)cc(CC(=S)Oc4ccccc4)cc3F)ccnc21. The normalized spacial score (nSPS) is 14.6. The fourth-order valence-corrected chi connectivity index (χ4v) is 5.87. The van der Waals surface area contributed by atoms with Crippen LogP contribution in [0.2, 0.25) is 25.7 Å². The molecule has 0 aliphatic heterocycles. The molecule has 2 aromatic carbocycles. The largest absolute Gasteiger partial charge is 0.450 e. The van der Waals surface area contributed by atoms with Gasteiger partial charge >= 0.3 is 6.18 Å². The first-order valence-corrected chi connectivity index (χ1v) is 17.9. The van der Waals surface area contributed by atoms with E-state index >= 15 is 8.78 Å². The molecule has 0 N–H and O–H groups in total. The van der Waals surface area contributed by atoms with Crippen molar-refractivity contribution in [1.29, 1.82) is 0 Å². The predicted octanol–water partition coefficient (Wildman–Crippen LogP) is 8.96. The zero-order valence-electron chi connectivity index (χ0n) is 23.9. The Morgan fingerprint density at radius 1 is 1.05 bits per heavy atom. The molecule has 5 nitrogen and oxygen atoms in total. The Hall–Kier alpha value is -3.35. The molecule has 5 rings (SSSR count). The first-order chi connectivity index (χ1) is 20.3. The van der Waals surface area contributed by atoms with Gasteiger partial charge in [-0.2, -0.15) is 13.2 Å². The standard InChI is InChI=1S/C31H31F5N2O3SSi/c1-43(2,3)14-13-39-19-38-18-22(30(10-11-30)31(34,35)36)27-25(9-12-37-29(27)38)41-28-23(32)15-20(16-24(28)33)17-26(42)40-21-7-5-4-6-8-21/h4-9,12,15-16,18H,10-11,13-14,17,19H2,1-3H3. The highest BCUT2D eigenvalue weighted by molar-refractivity contribution is 7.80. The summed E-state index contributed by atoms with van der Waals surface area (Å²) in [7, 11) is -1.39. The number of thiocarbonyl (C=S) groups is 1. The second-order valence-corrected chi connectivity index (χ2v) is 18.0. The summed E-state index contributed by atoms with van der Waals surface area (Å²) in [6.07, 6.45) is -2.09. The summed E-state index contributed by atoms with van der Waals surface area (Å²) >= 11 is 5.23. The average molecular weight is 635 g/mol. The third-order valence-corrected chi connectivity index (χ3v) is 9.28. The van der Waals surface area contributed by atoms with Crippen molar-refractivity contribution in [2.75, 3.05) is 6.61 Å². The van der Waals surface area contributed by atoms with Crippen LogP contribution in [0.1, 0.15) is 24.0 Å². The molecule has 0 spiro atoms. The number of ether oxygens (including phenoxy) is 3. The van der Waals surface area contributed by atoms with Crippen LogP contribution in [0.25, 0.3) is 11.0 Å². The molecule has 0 bridgehead atoms. The van der Waals surface area contributed by atoms with Crippen molar-refractivity contribution in [3.05, 3.63) is 83.7 Å². The molecule has 1 aliphatic rings. The summed E-state index contributed by atoms with van der Waals surface area (Å²) in [5, 5.41) is 0.154. The summed E-state index contributed by atoms with van der Waals surface area (Å²) < 4.78 is 91.9. The summed E-state index contributed by atoms with van der Waals surface area (Å²) in [6, 6.07) is 13.1. The van der Waals surface area contributed by atoms with Crippen molar-refractivity contribution in [2.45, 2.75) is 63.3 Å². The molecule has 2 heterocycles. The third-order valence-electron chi connectivity index (χ3n) is 7.35. The van der Waals surface area contributed by atoms with Crippen molar-refractivity contribution in [1.82, 2.24) is 9.55 Å². The topological polar surface area (TPSA) is 45.5 Å². The van der Waals surface area contributed by atoms with Gasteiger partial charge < -0.3 is 18.8 Å². The Labute approximate surface area is 252 Å². The lowest BCUT2D eigenvalue weighted by Gasteiger charge is -2.19. The molecule has 4 aromatic rings. The van der Waals surface area contributed by atoms with Gasteiger partial charge in [-0.3, -0.25) is 0 Å². The molecule has 0 amide bonds. The Bertz CT molecular complexity index is 1610. The fourth-order valence-electron chi connectivity index (χ4n) is 4.85. The van der Waals surface area contributed by atoms with Crippen LogP contribution in [0.4, 0.5) is 22.0 Å². The number of halogens is 5. The zero-order chi connectivity index (χ0) is 31.0. The maximum atomic E-state index is 15.3. The van der Waals surface area contributed by atoms with Gasteiger partial charge in [0.25, 0.3) is 0 Å². The van der Waals surface area contributed by atoms with Crippen LogP contribution in [0.15, 0.2) is 60.9 Å². The molecule has 0 saturated heterocycles. The maximum absolute atomic E-state index is 15.3. The van der Waals surface area contributed by atoms with Crippen LogP contribution in [0, 0.1) is 11.6 Å². The summed E-state index contributed by atoms with van der Waals surface area (Å²) in [5.41, 5.74) is -1.75. The number of aromatic nitrogens is 2. The number of rotatable bonds is 11. The van der Waals surface area contributed by atoms with Gasteiger partial charge in [0.2, 0.25) is 0 Å². The van der Waals surface area contributed by atoms with E-state index in [2.05, 4.69) is 24.6 Å². The summed E-state index contributed by atoms with van der Waals surface area (Å²) in [5.74, 6) is -2.45. The Morgan fingerprint density at radius 3 is 2.33 bits per heavy atom. The molecule has 2 aromatic heterocycles. The van der Waals surface area contributed by atoms with Crippen LogP contribution in [0.3, 0.4) is 0 Å². The van der Waals surface area contributed by atoms with Crippen molar-refractivity contribution in [2.24, 2.45) is 0 Å². The van der Waals surface area contributed by atoms with Crippen molar-refractivity contribution >= 4 is 36.4 Å². The second-order valence-electron chi connectivity index (χ2n) is 11.9. The van der Waals surface area contributed by atoms with Crippen molar-refractivity contribution in [3.63, 3.8) is 0 Å². The molecule has 43 heavy (non-hydrogen) atoms. The molecule has 228 valence electrons. The highest BCUT2D eigenvalue weighted by Crippen LogP contribution is 2.61. The van der Waals surface area contributed by atoms with Crippen molar-refractivity contribution in [3.8, 4) is 17.2 Å². The van der Waals surface area contributed by atoms with Crippen LogP contribution >= 0.6 is 12.2 Å². The van der Waals surface area contributed by atoms with Gasteiger partial charge in [0.1, 0.15) is 23.9 Å². The van der Waals surface area contributed by atoms with Crippen LogP contribution < -0.4 is 9.47 Å². The number of pyridine rings is 1. The molecular formula is C31H31F5N2O3SSi. The van der Waals surface area contributed by atoms with Gasteiger partial charge in [0.15, 0.2) is 22.4 Å². The zero-order valence-corrected chi connectivity index (χ0v) is 25.7. The lowest BCUT2D eigenvalue weighted by atomic mass is 9.95. The molecule has 0 radical (unpaired) electrons. The monoisotopic (exact) mass is 634 g/mol. The van der Waals surface area contributed by atoms with E-state index in [1.807, 2.05) is 6.07 Å². The van der Waals surface area contributed by atoms with E-state index in [0.29, 0.717) is 12.4 Å². The van der Waals surface area contributed by atoms with E-state index in [9.17, 15) is 13.2 Å². The van der Waals surface area contributed by atoms with Crippen LogP contribution in [-0.2, 0) is 23.3 Å². The van der Waals surface area contributed by atoms with Gasteiger partial charge in [0.05, 0.1) is 10.8 Å². The molecule has 1 aliphatic carbocycles. The lowest BCUT2D eigenvalue weighted by Crippen LogP contribution is -2.28. The van der Waals surface area contributed by atoms with Gasteiger partial charge in [-0.15, -0.1) is 0 Å². The minimum absolute atomic E-state index is 0.0201. The Morgan fingerprint density at radius 2 is 1.72 bits per heavy atom. The molecular weight excluding hydrogens is 603 g/mol. The van der Waals surface area contributed by atoms with Gasteiger partial charge in [-0.25, -0.2) is 13.8 Å². The minimum Gasteiger partial charge on any atom is -0.450 e. The number of fused-ring (bicyclic) bond motifs is 1. The number of nitrogens with zero attached hydrogens (tertiary/aromatic N) is 2. The van der Waals surface area contributed by atoms with Crippen molar-refractivity contribution < 1.29 is 36.2 Å². The molecule has 0 unspecified atom stereocenters. The second kappa shape index (κ2) is 12.0. The van der Waals surface area contributed by atoms with Gasteiger partial charge in [-0.05, 0) is 72.6 Å². The lowest BCUT2D eigenvalue weighted by molar-refractivity contribution is -0.160. The van der Waals surface area contributed by atoms with Crippen LogP contribution in [-0.4, -0.2) is 35.5 Å². The average Bonchev–Trinajstić information content (AvgIpc) is 3.65. The fraction of sp³-hybridized carbons (Fsp3) is 0.355. The van der Waals surface area contributed by atoms with E-state index in [0.717, 1.165) is 18.2 Å². The van der Waals surface area contributed by atoms with E-state index in [1.165, 1.54) is 23.0 Å². The van der Waals surface area contributed by atoms with Gasteiger partial charge in [-0.1, -0.05) is 37.8 Å². The third kappa shape index (κ3) is 6.91. The van der Waals surface area contributed by atoms with E-state index in [1.54, 1.807) is 24.3 Å². The van der Waals surface area contributed by atoms with E-state index < -0.39 is 37.0 Å². The first kappa shape index (κ1) is 31.1. The highest BCUT2D eigenvalue weighted by atomic mass is 32.1. The number of para-hydroxylation sites is 1. The number of alkyl halides is 3. The maximum Gasteiger partial charge on any atom is 0.398 e. The summed E-state index contributed by atoms with van der Waals surface area (Å²) in [4.78, 5) is 4.31. The quantitative estimate of drug-likeness (QED) is 0.0714. The Kier molecular flexibility index (Phi) is 8.65. The van der Waals surface area contributed by atoms with Gasteiger partial charge in [0, 0.05) is 33.5 Å².